The molecule has 1 saturated heterocycles. The van der Waals surface area contributed by atoms with Crippen LogP contribution in [0.5, 0.6) is 0 Å². The molecule has 1 aromatic heterocycles. The average molecular weight is 218 g/mol. The molecule has 0 N–H and O–H groups in total. The smallest absolute Gasteiger partial charge is 0.207 e. The number of hydrogen-bond donors (Lipinski definition) is 0. The summed E-state index contributed by atoms with van der Waals surface area (Å²) in [7, 11) is 0. The Morgan fingerprint density at radius 3 is 2.62 bits per heavy atom. The van der Waals surface area contributed by atoms with Crippen LogP contribution >= 0.6 is 22.9 Å². The Morgan fingerprint density at radius 2 is 2.00 bits per heavy atom. The second-order valence-electron chi connectivity index (χ2n) is 3.29. The van der Waals surface area contributed by atoms with E-state index in [4.69, 9.17) is 11.6 Å². The van der Waals surface area contributed by atoms with Gasteiger partial charge in [0.1, 0.15) is 5.01 Å². The predicted octanol–water partition coefficient (Wildman–Crippen LogP) is 2.18. The van der Waals surface area contributed by atoms with Gasteiger partial charge in [0.2, 0.25) is 4.47 Å². The lowest BCUT2D eigenvalue weighted by molar-refractivity contribution is 0.220. The van der Waals surface area contributed by atoms with Crippen LogP contribution in [0.3, 0.4) is 0 Å². The molecule has 0 unspecified atom stereocenters. The van der Waals surface area contributed by atoms with Gasteiger partial charge in [0.25, 0.3) is 0 Å². The van der Waals surface area contributed by atoms with Crippen molar-refractivity contribution in [2.45, 2.75) is 25.8 Å². The van der Waals surface area contributed by atoms with Gasteiger partial charge in [-0.25, -0.2) is 0 Å². The zero-order valence-electron chi connectivity index (χ0n) is 7.37. The highest BCUT2D eigenvalue weighted by Crippen LogP contribution is 2.18. The maximum Gasteiger partial charge on any atom is 0.207 e. The normalized spacial score (nSPS) is 19.2. The molecule has 2 rings (SSSR count). The number of halogens is 1. The molecule has 1 fully saturated rings. The van der Waals surface area contributed by atoms with Crippen molar-refractivity contribution in [3.63, 3.8) is 0 Å². The maximum atomic E-state index is 5.70. The highest BCUT2D eigenvalue weighted by Gasteiger charge is 2.12. The minimum atomic E-state index is 0.548. The molecule has 13 heavy (non-hydrogen) atoms. The second kappa shape index (κ2) is 4.35. The van der Waals surface area contributed by atoms with Crippen LogP contribution in [0.4, 0.5) is 0 Å². The Hall–Kier alpha value is -0.190. The zero-order valence-corrected chi connectivity index (χ0v) is 8.94. The molecule has 0 aromatic carbocycles. The van der Waals surface area contributed by atoms with Crippen molar-refractivity contribution >= 4 is 22.9 Å². The Kier molecular flexibility index (Phi) is 3.14. The lowest BCUT2D eigenvalue weighted by Crippen LogP contribution is -2.28. The van der Waals surface area contributed by atoms with Crippen molar-refractivity contribution in [2.75, 3.05) is 13.1 Å². The third kappa shape index (κ3) is 2.62. The van der Waals surface area contributed by atoms with Gasteiger partial charge in [-0.2, -0.15) is 0 Å². The summed E-state index contributed by atoms with van der Waals surface area (Å²) in [6.07, 6.45) is 3.99. The summed E-state index contributed by atoms with van der Waals surface area (Å²) in [6, 6.07) is 0. The number of aromatic nitrogens is 2. The zero-order chi connectivity index (χ0) is 9.10. The first-order valence-electron chi connectivity index (χ1n) is 4.55. The van der Waals surface area contributed by atoms with Crippen LogP contribution in [0.1, 0.15) is 24.3 Å². The summed E-state index contributed by atoms with van der Waals surface area (Å²) in [5, 5.41) is 8.83. The van der Waals surface area contributed by atoms with E-state index in [1.807, 2.05) is 0 Å². The average Bonchev–Trinajstić information content (AvgIpc) is 2.53. The van der Waals surface area contributed by atoms with Gasteiger partial charge < -0.3 is 0 Å². The monoisotopic (exact) mass is 217 g/mol. The number of rotatable bonds is 2. The minimum absolute atomic E-state index is 0.548. The van der Waals surface area contributed by atoms with E-state index in [-0.39, 0.29) is 0 Å². The van der Waals surface area contributed by atoms with E-state index < -0.39 is 0 Å². The molecule has 1 aliphatic heterocycles. The van der Waals surface area contributed by atoms with Crippen molar-refractivity contribution < 1.29 is 0 Å². The molecular formula is C8H12ClN3S. The van der Waals surface area contributed by atoms with Crippen LogP contribution in [0.15, 0.2) is 0 Å². The molecule has 72 valence electrons. The Morgan fingerprint density at radius 1 is 1.23 bits per heavy atom. The van der Waals surface area contributed by atoms with Crippen LogP contribution in [0.2, 0.25) is 4.47 Å². The van der Waals surface area contributed by atoms with Gasteiger partial charge >= 0.3 is 0 Å². The summed E-state index contributed by atoms with van der Waals surface area (Å²) < 4.78 is 0.548. The topological polar surface area (TPSA) is 29.0 Å². The van der Waals surface area contributed by atoms with Crippen LogP contribution < -0.4 is 0 Å². The Labute approximate surface area is 86.7 Å². The molecule has 0 radical (unpaired) electrons. The Bertz CT molecular complexity index is 270. The summed E-state index contributed by atoms with van der Waals surface area (Å²) >= 11 is 7.19. The lowest BCUT2D eigenvalue weighted by Gasteiger charge is -2.24. The van der Waals surface area contributed by atoms with Crippen molar-refractivity contribution in [3.8, 4) is 0 Å². The van der Waals surface area contributed by atoms with Gasteiger partial charge in [-0.05, 0) is 37.5 Å². The first kappa shape index (κ1) is 9.37. The van der Waals surface area contributed by atoms with Crippen LogP contribution in [-0.2, 0) is 6.54 Å². The molecule has 2 heterocycles. The van der Waals surface area contributed by atoms with Gasteiger partial charge in [-0.15, -0.1) is 10.2 Å². The third-order valence-corrected chi connectivity index (χ3v) is 3.25. The minimum Gasteiger partial charge on any atom is -0.297 e. The first-order valence-corrected chi connectivity index (χ1v) is 5.74. The lowest BCUT2D eigenvalue weighted by atomic mass is 10.1. The van der Waals surface area contributed by atoms with Gasteiger partial charge in [-0.1, -0.05) is 17.8 Å². The molecule has 5 heteroatoms. The quantitative estimate of drug-likeness (QED) is 0.761. The largest absolute Gasteiger partial charge is 0.297 e. The molecule has 0 saturated carbocycles. The summed E-state index contributed by atoms with van der Waals surface area (Å²) in [4.78, 5) is 2.42. The Balaban J connectivity index is 1.89. The fraction of sp³-hybridized carbons (Fsp3) is 0.750. The number of piperidine rings is 1. The fourth-order valence-corrected chi connectivity index (χ4v) is 2.52. The summed E-state index contributed by atoms with van der Waals surface area (Å²) in [5.41, 5.74) is 0. The van der Waals surface area contributed by atoms with Crippen molar-refractivity contribution in [1.29, 1.82) is 0 Å². The highest BCUT2D eigenvalue weighted by molar-refractivity contribution is 7.15. The molecule has 0 atom stereocenters. The van der Waals surface area contributed by atoms with Gasteiger partial charge in [0, 0.05) is 0 Å². The van der Waals surface area contributed by atoms with Gasteiger partial charge in [-0.3, -0.25) is 4.90 Å². The van der Waals surface area contributed by atoms with Crippen LogP contribution in [0.25, 0.3) is 0 Å². The van der Waals surface area contributed by atoms with Crippen molar-refractivity contribution in [3.05, 3.63) is 9.47 Å². The first-order chi connectivity index (χ1) is 6.34. The van der Waals surface area contributed by atoms with Gasteiger partial charge in [0.15, 0.2) is 0 Å². The second-order valence-corrected chi connectivity index (χ2v) is 4.93. The van der Waals surface area contributed by atoms with Gasteiger partial charge in [0.05, 0.1) is 6.54 Å². The third-order valence-electron chi connectivity index (χ3n) is 2.25. The molecule has 0 spiro atoms. The standard InChI is InChI=1S/C8H12ClN3S/c9-8-11-10-7(13-8)6-12-4-2-1-3-5-12/h1-6H2. The van der Waals surface area contributed by atoms with Crippen molar-refractivity contribution in [1.82, 2.24) is 15.1 Å². The molecular weight excluding hydrogens is 206 g/mol. The van der Waals surface area contributed by atoms with E-state index in [1.165, 1.54) is 43.7 Å². The number of likely N-dealkylation sites (tertiary alicyclic amines) is 1. The molecule has 3 nitrogen and oxygen atoms in total. The van der Waals surface area contributed by atoms with Crippen molar-refractivity contribution in [2.24, 2.45) is 0 Å². The number of nitrogens with zero attached hydrogens (tertiary/aromatic N) is 3. The molecule has 1 aromatic rings. The summed E-state index contributed by atoms with van der Waals surface area (Å²) in [6.45, 7) is 3.30. The fourth-order valence-electron chi connectivity index (χ4n) is 1.61. The summed E-state index contributed by atoms with van der Waals surface area (Å²) in [5.74, 6) is 0. The van der Waals surface area contributed by atoms with E-state index in [9.17, 15) is 0 Å². The maximum absolute atomic E-state index is 5.70. The van der Waals surface area contributed by atoms with Crippen LogP contribution in [-0.4, -0.2) is 28.2 Å². The molecule has 1 aliphatic rings. The van der Waals surface area contributed by atoms with E-state index in [0.717, 1.165) is 11.6 Å². The van der Waals surface area contributed by atoms with E-state index in [1.54, 1.807) is 0 Å². The molecule has 0 aliphatic carbocycles. The van der Waals surface area contributed by atoms with E-state index in [2.05, 4.69) is 15.1 Å². The van der Waals surface area contributed by atoms with Crippen LogP contribution in [0, 0.1) is 0 Å². The predicted molar refractivity (Wildman–Crippen MR) is 54.0 cm³/mol. The molecule has 0 amide bonds. The highest BCUT2D eigenvalue weighted by atomic mass is 35.5. The van der Waals surface area contributed by atoms with E-state index in [0.29, 0.717) is 4.47 Å². The SMILES string of the molecule is Clc1nnc(CN2CCCCC2)s1. The number of hydrogen-bond acceptors (Lipinski definition) is 4. The van der Waals surface area contributed by atoms with E-state index >= 15 is 0 Å². The molecule has 0 bridgehead atoms.